The maximum atomic E-state index is 5.50. The smallest absolute Gasteiger partial charge is 0.0510 e. The van der Waals surface area contributed by atoms with Crippen LogP contribution in [0.1, 0.15) is 13.3 Å². The highest BCUT2D eigenvalue weighted by molar-refractivity contribution is 4.84. The highest BCUT2D eigenvalue weighted by Gasteiger charge is 2.28. The fourth-order valence-electron chi connectivity index (χ4n) is 2.91. The van der Waals surface area contributed by atoms with Crippen LogP contribution in [0.25, 0.3) is 0 Å². The van der Waals surface area contributed by atoms with Crippen LogP contribution in [0, 0.1) is 5.92 Å². The zero-order chi connectivity index (χ0) is 12.3. The van der Waals surface area contributed by atoms with Gasteiger partial charge in [0.1, 0.15) is 0 Å². The Hall–Kier alpha value is -0.160. The van der Waals surface area contributed by atoms with Gasteiger partial charge in [0, 0.05) is 50.8 Å². The van der Waals surface area contributed by atoms with Gasteiger partial charge in [-0.25, -0.2) is 0 Å². The summed E-state index contributed by atoms with van der Waals surface area (Å²) >= 11 is 0. The first-order chi connectivity index (χ1) is 8.20. The average molecular weight is 241 g/mol. The van der Waals surface area contributed by atoms with Crippen molar-refractivity contribution in [1.82, 2.24) is 15.1 Å². The monoisotopic (exact) mass is 241 g/mol. The van der Waals surface area contributed by atoms with Crippen LogP contribution in [-0.2, 0) is 4.74 Å². The zero-order valence-corrected chi connectivity index (χ0v) is 11.5. The van der Waals surface area contributed by atoms with Crippen molar-refractivity contribution in [2.75, 3.05) is 53.5 Å². The first-order valence-electron chi connectivity index (χ1n) is 6.88. The summed E-state index contributed by atoms with van der Waals surface area (Å²) in [5.74, 6) is 0.704. The second-order valence-electron chi connectivity index (χ2n) is 5.61. The molecule has 2 fully saturated rings. The fraction of sp³-hybridized carbons (Fsp3) is 1.00. The molecule has 0 radical (unpaired) electrons. The highest BCUT2D eigenvalue weighted by Crippen LogP contribution is 2.18. The van der Waals surface area contributed by atoms with Crippen molar-refractivity contribution in [3.05, 3.63) is 0 Å². The molecule has 0 bridgehead atoms. The van der Waals surface area contributed by atoms with Crippen molar-refractivity contribution >= 4 is 0 Å². The number of likely N-dealkylation sites (N-methyl/N-ethyl adjacent to an activating group) is 2. The zero-order valence-electron chi connectivity index (χ0n) is 11.5. The third-order valence-corrected chi connectivity index (χ3v) is 4.40. The Kier molecular flexibility index (Phi) is 4.79. The maximum absolute atomic E-state index is 5.50. The number of nitrogens with zero attached hydrogens (tertiary/aromatic N) is 2. The van der Waals surface area contributed by atoms with Crippen LogP contribution in [0.15, 0.2) is 0 Å². The minimum absolute atomic E-state index is 0.591. The standard InChI is InChI=1S/C13H27N3O/c1-11-8-16(6-5-15(11)3)9-13(14-2)12-4-7-17-10-12/h11-14H,4-10H2,1-3H3. The van der Waals surface area contributed by atoms with Crippen molar-refractivity contribution in [2.45, 2.75) is 25.4 Å². The van der Waals surface area contributed by atoms with E-state index in [4.69, 9.17) is 4.74 Å². The molecule has 2 aliphatic rings. The van der Waals surface area contributed by atoms with Crippen molar-refractivity contribution in [1.29, 1.82) is 0 Å². The van der Waals surface area contributed by atoms with Crippen molar-refractivity contribution in [3.63, 3.8) is 0 Å². The molecule has 0 saturated carbocycles. The van der Waals surface area contributed by atoms with E-state index in [1.807, 2.05) is 0 Å². The predicted molar refractivity (Wildman–Crippen MR) is 70.3 cm³/mol. The summed E-state index contributed by atoms with van der Waals surface area (Å²) in [5, 5.41) is 3.48. The largest absolute Gasteiger partial charge is 0.381 e. The third-order valence-electron chi connectivity index (χ3n) is 4.40. The van der Waals surface area contributed by atoms with Gasteiger partial charge in [0.15, 0.2) is 0 Å². The molecule has 2 rings (SSSR count). The number of hydrogen-bond donors (Lipinski definition) is 1. The summed E-state index contributed by atoms with van der Waals surface area (Å²) in [7, 11) is 4.31. The molecule has 2 heterocycles. The molecule has 2 saturated heterocycles. The SMILES string of the molecule is CNC(CN1CCN(C)C(C)C1)C1CCOC1. The van der Waals surface area contributed by atoms with E-state index >= 15 is 0 Å². The van der Waals surface area contributed by atoms with Crippen LogP contribution in [0.5, 0.6) is 0 Å². The van der Waals surface area contributed by atoms with Crippen molar-refractivity contribution in [3.8, 4) is 0 Å². The summed E-state index contributed by atoms with van der Waals surface area (Å²) in [6.07, 6.45) is 1.22. The Morgan fingerprint density at radius 1 is 1.41 bits per heavy atom. The summed E-state index contributed by atoms with van der Waals surface area (Å²) in [5.41, 5.74) is 0. The Labute approximate surface area is 105 Å². The minimum Gasteiger partial charge on any atom is -0.381 e. The Morgan fingerprint density at radius 3 is 2.82 bits per heavy atom. The number of piperazine rings is 1. The van der Waals surface area contributed by atoms with Gasteiger partial charge in [-0.1, -0.05) is 0 Å². The second-order valence-corrected chi connectivity index (χ2v) is 5.61. The lowest BCUT2D eigenvalue weighted by molar-refractivity contribution is 0.0882. The molecule has 0 aromatic rings. The molecule has 0 spiro atoms. The highest BCUT2D eigenvalue weighted by atomic mass is 16.5. The molecular weight excluding hydrogens is 214 g/mol. The van der Waals surface area contributed by atoms with E-state index in [0.29, 0.717) is 18.0 Å². The van der Waals surface area contributed by atoms with E-state index in [9.17, 15) is 0 Å². The second kappa shape index (κ2) is 6.14. The number of hydrogen-bond acceptors (Lipinski definition) is 4. The molecule has 4 heteroatoms. The molecule has 100 valence electrons. The molecule has 2 aliphatic heterocycles. The van der Waals surface area contributed by atoms with Crippen molar-refractivity contribution < 1.29 is 4.74 Å². The van der Waals surface area contributed by atoms with Crippen LogP contribution in [0.2, 0.25) is 0 Å². The summed E-state index contributed by atoms with van der Waals surface area (Å²) in [6.45, 7) is 8.96. The molecule has 0 aliphatic carbocycles. The van der Waals surface area contributed by atoms with E-state index in [1.54, 1.807) is 0 Å². The first kappa shape index (κ1) is 13.3. The average Bonchev–Trinajstić information content (AvgIpc) is 2.84. The molecule has 1 N–H and O–H groups in total. The van der Waals surface area contributed by atoms with Gasteiger partial charge in [-0.2, -0.15) is 0 Å². The van der Waals surface area contributed by atoms with Gasteiger partial charge in [-0.05, 0) is 27.4 Å². The van der Waals surface area contributed by atoms with Crippen LogP contribution >= 0.6 is 0 Å². The van der Waals surface area contributed by atoms with Gasteiger partial charge in [0.25, 0.3) is 0 Å². The van der Waals surface area contributed by atoms with E-state index in [1.165, 1.54) is 32.6 Å². The fourth-order valence-corrected chi connectivity index (χ4v) is 2.91. The van der Waals surface area contributed by atoms with Crippen LogP contribution < -0.4 is 5.32 Å². The van der Waals surface area contributed by atoms with Crippen LogP contribution in [0.4, 0.5) is 0 Å². The maximum Gasteiger partial charge on any atom is 0.0510 e. The summed E-state index contributed by atoms with van der Waals surface area (Å²) in [6, 6.07) is 1.27. The van der Waals surface area contributed by atoms with Gasteiger partial charge in [-0.15, -0.1) is 0 Å². The lowest BCUT2D eigenvalue weighted by Gasteiger charge is -2.39. The summed E-state index contributed by atoms with van der Waals surface area (Å²) < 4.78 is 5.50. The molecule has 0 amide bonds. The third kappa shape index (κ3) is 3.41. The topological polar surface area (TPSA) is 27.7 Å². The van der Waals surface area contributed by atoms with Gasteiger partial charge in [-0.3, -0.25) is 4.90 Å². The number of nitrogens with one attached hydrogen (secondary N) is 1. The number of rotatable bonds is 4. The van der Waals surface area contributed by atoms with Crippen LogP contribution in [0.3, 0.4) is 0 Å². The Bertz CT molecular complexity index is 231. The quantitative estimate of drug-likeness (QED) is 0.763. The Balaban J connectivity index is 1.81. The van der Waals surface area contributed by atoms with E-state index in [0.717, 1.165) is 13.2 Å². The van der Waals surface area contributed by atoms with Gasteiger partial charge >= 0.3 is 0 Å². The van der Waals surface area contributed by atoms with Gasteiger partial charge < -0.3 is 15.0 Å². The Morgan fingerprint density at radius 2 is 2.24 bits per heavy atom. The molecular formula is C13H27N3O. The summed E-state index contributed by atoms with van der Waals surface area (Å²) in [4.78, 5) is 5.05. The number of ether oxygens (including phenoxy) is 1. The predicted octanol–water partition coefficient (Wildman–Crippen LogP) is 0.247. The minimum atomic E-state index is 0.591. The molecule has 0 aromatic heterocycles. The molecule has 17 heavy (non-hydrogen) atoms. The molecule has 3 atom stereocenters. The normalized spacial score (nSPS) is 34.1. The van der Waals surface area contributed by atoms with E-state index in [-0.39, 0.29) is 0 Å². The molecule has 4 nitrogen and oxygen atoms in total. The lowest BCUT2D eigenvalue weighted by atomic mass is 9.98. The first-order valence-corrected chi connectivity index (χ1v) is 6.88. The van der Waals surface area contributed by atoms with Gasteiger partial charge in [0.2, 0.25) is 0 Å². The van der Waals surface area contributed by atoms with Crippen LogP contribution in [-0.4, -0.2) is 75.4 Å². The van der Waals surface area contributed by atoms with E-state index in [2.05, 4.69) is 36.1 Å². The molecule has 0 aromatic carbocycles. The lowest BCUT2D eigenvalue weighted by Crippen LogP contribution is -2.54. The molecule has 3 unspecified atom stereocenters. The van der Waals surface area contributed by atoms with Crippen molar-refractivity contribution in [2.24, 2.45) is 5.92 Å². The van der Waals surface area contributed by atoms with E-state index < -0.39 is 0 Å². The van der Waals surface area contributed by atoms with Gasteiger partial charge in [0.05, 0.1) is 6.61 Å².